The number of carbonyl (C=O) groups is 1. The van der Waals surface area contributed by atoms with Crippen molar-refractivity contribution in [2.75, 3.05) is 11.8 Å². The second kappa shape index (κ2) is 5.04. The fourth-order valence-corrected chi connectivity index (χ4v) is 0.298. The Kier molecular flexibility index (Phi) is 5.17. The van der Waals surface area contributed by atoms with E-state index in [4.69, 9.17) is 34.8 Å². The van der Waals surface area contributed by atoms with Gasteiger partial charge in [0, 0.05) is 0 Å². The van der Waals surface area contributed by atoms with Crippen LogP contribution in [0.1, 0.15) is 6.92 Å². The van der Waals surface area contributed by atoms with E-state index >= 15 is 0 Å². The minimum Gasteiger partial charge on any atom is -0.295 e. The first-order valence-corrected chi connectivity index (χ1v) is 4.16. The zero-order chi connectivity index (χ0) is 8.91. The van der Waals surface area contributed by atoms with Crippen LogP contribution in [-0.4, -0.2) is 22.8 Å². The molecule has 6 heteroatoms. The molecule has 0 amide bonds. The molecule has 0 heterocycles. The molecule has 1 unspecified atom stereocenters. The average molecular weight is 221 g/mol. The lowest BCUT2D eigenvalue weighted by Gasteiger charge is -2.15. The molecule has 0 saturated heterocycles. The van der Waals surface area contributed by atoms with Crippen molar-refractivity contribution >= 4 is 40.8 Å². The van der Waals surface area contributed by atoms with E-state index < -0.39 is 11.0 Å². The molecule has 0 aromatic heterocycles. The quantitative estimate of drug-likeness (QED) is 0.413. The molecule has 0 fully saturated rings. The fourth-order valence-electron chi connectivity index (χ4n) is 0.178. The number of carbonyl (C=O) groups excluding carboxylic acids is 1. The summed E-state index contributed by atoms with van der Waals surface area (Å²) in [4.78, 5) is 19.0. The highest BCUT2D eigenvalue weighted by molar-refractivity contribution is 6.29. The van der Waals surface area contributed by atoms with Crippen LogP contribution in [0.2, 0.25) is 0 Å². The molecule has 0 aliphatic carbocycles. The summed E-state index contributed by atoms with van der Waals surface area (Å²) in [7, 11) is 0. The van der Waals surface area contributed by atoms with Gasteiger partial charge in [0.15, 0.2) is 5.06 Å². The van der Waals surface area contributed by atoms with Crippen molar-refractivity contribution in [1.82, 2.24) is 0 Å². The van der Waals surface area contributed by atoms with Gasteiger partial charge < -0.3 is 0 Å². The Morgan fingerprint density at radius 2 is 2.09 bits per heavy atom. The van der Waals surface area contributed by atoms with Crippen LogP contribution in [0.15, 0.2) is 0 Å². The smallest absolute Gasteiger partial charge is 0.295 e. The van der Waals surface area contributed by atoms with Crippen molar-refractivity contribution < 1.29 is 14.6 Å². The summed E-state index contributed by atoms with van der Waals surface area (Å²) in [5, 5.41) is -1.19. The molecule has 0 bridgehead atoms. The Morgan fingerprint density at radius 3 is 2.45 bits per heavy atom. The van der Waals surface area contributed by atoms with Gasteiger partial charge in [-0.2, -0.15) is 4.89 Å². The zero-order valence-electron chi connectivity index (χ0n) is 5.77. The number of rotatable bonds is 4. The summed E-state index contributed by atoms with van der Waals surface area (Å²) in [5.74, 6) is -0.983. The standard InChI is InChI=1S/C5H7Cl3O3/c1-5(8,3-7)11-10-4(9)2-6/h2-3H2,1H3. The summed E-state index contributed by atoms with van der Waals surface area (Å²) in [6.07, 6.45) is 0. The molecule has 0 aromatic carbocycles. The highest BCUT2D eigenvalue weighted by Gasteiger charge is 2.23. The van der Waals surface area contributed by atoms with Gasteiger partial charge in [0.05, 0.1) is 5.88 Å². The second-order valence-electron chi connectivity index (χ2n) is 1.91. The maximum Gasteiger partial charge on any atom is 0.357 e. The molecule has 0 radical (unpaired) electrons. The maximum absolute atomic E-state index is 10.4. The molecular formula is C5H7Cl3O3. The van der Waals surface area contributed by atoms with E-state index in [-0.39, 0.29) is 11.8 Å². The van der Waals surface area contributed by atoms with Crippen LogP contribution in [0.5, 0.6) is 0 Å². The minimum absolute atomic E-state index is 0.00409. The van der Waals surface area contributed by atoms with E-state index in [1.807, 2.05) is 0 Å². The lowest BCUT2D eigenvalue weighted by molar-refractivity contribution is -0.300. The molecule has 0 aliphatic heterocycles. The molecular weight excluding hydrogens is 214 g/mol. The van der Waals surface area contributed by atoms with Crippen molar-refractivity contribution in [3.8, 4) is 0 Å². The third-order valence-corrected chi connectivity index (χ3v) is 1.72. The van der Waals surface area contributed by atoms with E-state index in [0.29, 0.717) is 0 Å². The van der Waals surface area contributed by atoms with Gasteiger partial charge in [0.2, 0.25) is 0 Å². The predicted molar refractivity (Wildman–Crippen MR) is 42.9 cm³/mol. The van der Waals surface area contributed by atoms with Gasteiger partial charge >= 0.3 is 5.97 Å². The lowest BCUT2D eigenvalue weighted by atomic mass is 10.5. The third-order valence-electron chi connectivity index (χ3n) is 0.656. The summed E-state index contributed by atoms with van der Waals surface area (Å²) in [5.41, 5.74) is 0. The molecule has 0 spiro atoms. The van der Waals surface area contributed by atoms with Crippen LogP contribution in [-0.2, 0) is 14.6 Å². The minimum atomic E-state index is -1.19. The number of hydrogen-bond donors (Lipinski definition) is 0. The topological polar surface area (TPSA) is 35.5 Å². The summed E-state index contributed by atoms with van der Waals surface area (Å²) >= 11 is 16.0. The Morgan fingerprint density at radius 1 is 1.55 bits per heavy atom. The molecule has 0 aliphatic rings. The van der Waals surface area contributed by atoms with Gasteiger partial charge in [0.25, 0.3) is 0 Å². The molecule has 0 saturated carbocycles. The molecule has 11 heavy (non-hydrogen) atoms. The Bertz CT molecular complexity index is 137. The van der Waals surface area contributed by atoms with Crippen LogP contribution >= 0.6 is 34.8 Å². The van der Waals surface area contributed by atoms with Crippen LogP contribution in [0.3, 0.4) is 0 Å². The zero-order valence-corrected chi connectivity index (χ0v) is 8.04. The molecule has 0 aromatic rings. The second-order valence-corrected chi connectivity index (χ2v) is 3.24. The van der Waals surface area contributed by atoms with Crippen molar-refractivity contribution in [1.29, 1.82) is 0 Å². The SMILES string of the molecule is CC(Cl)(CCl)OOC(=O)CCl. The summed E-state index contributed by atoms with van der Waals surface area (Å²) in [6.45, 7) is 1.46. The lowest BCUT2D eigenvalue weighted by Crippen LogP contribution is -2.25. The van der Waals surface area contributed by atoms with Crippen LogP contribution in [0, 0.1) is 0 Å². The number of halogens is 3. The molecule has 0 N–H and O–H groups in total. The van der Waals surface area contributed by atoms with Crippen LogP contribution < -0.4 is 0 Å². The molecule has 66 valence electrons. The molecule has 1 atom stereocenters. The van der Waals surface area contributed by atoms with E-state index in [1.54, 1.807) is 0 Å². The van der Waals surface area contributed by atoms with E-state index in [2.05, 4.69) is 9.78 Å². The van der Waals surface area contributed by atoms with Gasteiger partial charge in [-0.05, 0) is 6.92 Å². The first-order chi connectivity index (χ1) is 5.02. The van der Waals surface area contributed by atoms with E-state index in [0.717, 1.165) is 0 Å². The van der Waals surface area contributed by atoms with Gasteiger partial charge in [0.1, 0.15) is 5.88 Å². The third kappa shape index (κ3) is 5.56. The van der Waals surface area contributed by atoms with E-state index in [1.165, 1.54) is 6.92 Å². The summed E-state index contributed by atoms with van der Waals surface area (Å²) < 4.78 is 0. The Labute approximate surface area is 79.4 Å². The highest BCUT2D eigenvalue weighted by Crippen LogP contribution is 2.17. The molecule has 0 rings (SSSR count). The first-order valence-electron chi connectivity index (χ1n) is 2.71. The van der Waals surface area contributed by atoms with Gasteiger partial charge in [-0.1, -0.05) is 11.6 Å². The predicted octanol–water partition coefficient (Wildman–Crippen LogP) is 1.89. The van der Waals surface area contributed by atoms with Crippen molar-refractivity contribution in [2.24, 2.45) is 0 Å². The largest absolute Gasteiger partial charge is 0.357 e. The van der Waals surface area contributed by atoms with Crippen LogP contribution in [0.25, 0.3) is 0 Å². The van der Waals surface area contributed by atoms with Crippen molar-refractivity contribution in [2.45, 2.75) is 12.0 Å². The van der Waals surface area contributed by atoms with Crippen molar-refractivity contribution in [3.63, 3.8) is 0 Å². The highest BCUT2D eigenvalue weighted by atomic mass is 35.5. The number of alkyl halides is 3. The van der Waals surface area contributed by atoms with Gasteiger partial charge in [-0.15, -0.1) is 23.2 Å². The molecule has 3 nitrogen and oxygen atoms in total. The average Bonchev–Trinajstić information content (AvgIpc) is 2.00. The van der Waals surface area contributed by atoms with Crippen molar-refractivity contribution in [3.05, 3.63) is 0 Å². The first kappa shape index (κ1) is 11.3. The van der Waals surface area contributed by atoms with E-state index in [9.17, 15) is 4.79 Å². The summed E-state index contributed by atoms with van der Waals surface area (Å²) in [6, 6.07) is 0. The number of hydrogen-bond acceptors (Lipinski definition) is 3. The monoisotopic (exact) mass is 220 g/mol. The van der Waals surface area contributed by atoms with Gasteiger partial charge in [-0.3, -0.25) is 4.89 Å². The van der Waals surface area contributed by atoms with Crippen LogP contribution in [0.4, 0.5) is 0 Å². The fraction of sp³-hybridized carbons (Fsp3) is 0.800. The normalized spacial score (nSPS) is 15.6. The Balaban J connectivity index is 3.61. The Hall–Kier alpha value is 0.300. The van der Waals surface area contributed by atoms with Gasteiger partial charge in [-0.25, -0.2) is 4.79 Å². The maximum atomic E-state index is 10.4.